The van der Waals surface area contributed by atoms with Crippen molar-refractivity contribution < 1.29 is 4.42 Å². The minimum Gasteiger partial charge on any atom is -0.456 e. The molecule has 5 heteroatoms. The van der Waals surface area contributed by atoms with Gasteiger partial charge < -0.3 is 8.98 Å². The van der Waals surface area contributed by atoms with Gasteiger partial charge >= 0.3 is 0 Å². The third kappa shape index (κ3) is 4.90. The third-order valence-electron chi connectivity index (χ3n) is 10.4. The second-order valence-electron chi connectivity index (χ2n) is 13.6. The topological polar surface area (TPSA) is 56.7 Å². The number of benzene rings is 8. The highest BCUT2D eigenvalue weighted by molar-refractivity contribution is 6.21. The van der Waals surface area contributed by atoms with Crippen LogP contribution >= 0.6 is 0 Å². The van der Waals surface area contributed by atoms with E-state index >= 15 is 0 Å². The van der Waals surface area contributed by atoms with Gasteiger partial charge in [-0.3, -0.25) is 0 Å². The summed E-state index contributed by atoms with van der Waals surface area (Å²) in [4.78, 5) is 15.1. The Morgan fingerprint density at radius 3 is 1.78 bits per heavy atom. The average molecular weight is 691 g/mol. The van der Waals surface area contributed by atoms with Gasteiger partial charge in [-0.1, -0.05) is 127 Å². The molecule has 0 fully saturated rings. The van der Waals surface area contributed by atoms with Crippen LogP contribution in [0.15, 0.2) is 186 Å². The van der Waals surface area contributed by atoms with Gasteiger partial charge in [0.2, 0.25) is 0 Å². The molecule has 0 saturated heterocycles. The summed E-state index contributed by atoms with van der Waals surface area (Å²) in [5.74, 6) is 1.82. The van der Waals surface area contributed by atoms with Gasteiger partial charge in [0.1, 0.15) is 11.2 Å². The smallest absolute Gasteiger partial charge is 0.164 e. The second kappa shape index (κ2) is 12.1. The largest absolute Gasteiger partial charge is 0.456 e. The van der Waals surface area contributed by atoms with E-state index in [-0.39, 0.29) is 0 Å². The molecule has 0 bridgehead atoms. The van der Waals surface area contributed by atoms with Crippen LogP contribution < -0.4 is 0 Å². The summed E-state index contributed by atoms with van der Waals surface area (Å²) >= 11 is 0. The molecule has 0 aliphatic heterocycles. The van der Waals surface area contributed by atoms with Gasteiger partial charge in [-0.2, -0.15) is 0 Å². The highest BCUT2D eigenvalue weighted by Gasteiger charge is 2.17. The molecule has 0 N–H and O–H groups in total. The van der Waals surface area contributed by atoms with E-state index in [2.05, 4.69) is 132 Å². The predicted octanol–water partition coefficient (Wildman–Crippen LogP) is 12.7. The number of aromatic nitrogens is 4. The van der Waals surface area contributed by atoms with Gasteiger partial charge in [-0.25, -0.2) is 15.0 Å². The molecular weight excluding hydrogens is 661 g/mol. The number of hydrogen-bond acceptors (Lipinski definition) is 4. The molecule has 252 valence electrons. The molecule has 11 aromatic rings. The molecule has 0 aliphatic rings. The van der Waals surface area contributed by atoms with Crippen molar-refractivity contribution in [2.24, 2.45) is 0 Å². The van der Waals surface area contributed by atoms with Crippen molar-refractivity contribution in [1.29, 1.82) is 0 Å². The molecule has 0 radical (unpaired) electrons. The zero-order valence-electron chi connectivity index (χ0n) is 29.0. The van der Waals surface area contributed by atoms with Crippen molar-refractivity contribution in [3.05, 3.63) is 182 Å². The molecule has 0 unspecified atom stereocenters. The summed E-state index contributed by atoms with van der Waals surface area (Å²) in [6, 6.07) is 63.4. The first-order valence-electron chi connectivity index (χ1n) is 18.1. The van der Waals surface area contributed by atoms with E-state index in [0.29, 0.717) is 17.5 Å². The molecule has 0 atom stereocenters. The minimum absolute atomic E-state index is 0.592. The van der Waals surface area contributed by atoms with Gasteiger partial charge in [0.25, 0.3) is 0 Å². The van der Waals surface area contributed by atoms with Crippen LogP contribution in [0.5, 0.6) is 0 Å². The van der Waals surface area contributed by atoms with E-state index in [4.69, 9.17) is 19.4 Å². The van der Waals surface area contributed by atoms with Crippen LogP contribution in [-0.4, -0.2) is 19.5 Å². The van der Waals surface area contributed by atoms with Crippen molar-refractivity contribution in [2.45, 2.75) is 0 Å². The molecular formula is C49H30N4O. The molecule has 3 aromatic heterocycles. The fourth-order valence-corrected chi connectivity index (χ4v) is 7.88. The summed E-state index contributed by atoms with van der Waals surface area (Å²) < 4.78 is 8.61. The van der Waals surface area contributed by atoms with Gasteiger partial charge in [-0.15, -0.1) is 0 Å². The van der Waals surface area contributed by atoms with E-state index in [1.807, 2.05) is 54.6 Å². The SMILES string of the molecule is c1ccc(-c2nc(-c3cccc(-c4ccc5ccc6c(c5c4)c4ccccc4n6-c4ccccc4)c3)nc(-c3ccc4c(c3)oc3ccccc34)n2)cc1. The van der Waals surface area contributed by atoms with E-state index in [1.54, 1.807) is 0 Å². The normalized spacial score (nSPS) is 11.7. The Morgan fingerprint density at radius 1 is 0.352 bits per heavy atom. The molecule has 11 rings (SSSR count). The van der Waals surface area contributed by atoms with Crippen LogP contribution in [0.4, 0.5) is 0 Å². The predicted molar refractivity (Wildman–Crippen MR) is 221 cm³/mol. The molecule has 3 heterocycles. The Labute approximate surface area is 310 Å². The monoisotopic (exact) mass is 690 g/mol. The summed E-state index contributed by atoms with van der Waals surface area (Å²) in [5, 5.41) is 7.07. The number of nitrogens with zero attached hydrogens (tertiary/aromatic N) is 4. The maximum Gasteiger partial charge on any atom is 0.164 e. The lowest BCUT2D eigenvalue weighted by atomic mass is 9.97. The Balaban J connectivity index is 1.06. The average Bonchev–Trinajstić information content (AvgIpc) is 3.80. The Morgan fingerprint density at radius 2 is 0.944 bits per heavy atom. The lowest BCUT2D eigenvalue weighted by molar-refractivity contribution is 0.669. The number of rotatable bonds is 5. The molecule has 5 nitrogen and oxygen atoms in total. The van der Waals surface area contributed by atoms with Crippen LogP contribution in [0.2, 0.25) is 0 Å². The lowest BCUT2D eigenvalue weighted by Crippen LogP contribution is -2.00. The fourth-order valence-electron chi connectivity index (χ4n) is 7.88. The van der Waals surface area contributed by atoms with Gasteiger partial charge in [0.15, 0.2) is 17.5 Å². The standard InChI is InChI=1S/C49H30N4O/c1-3-12-32(13-4-1)47-50-48(52-49(51-47)36-24-26-39-38-18-8-10-21-44(38)54-45(39)30-36)35-15-11-14-33(28-35)34-23-22-31-25-27-43-46(41(31)29-34)40-19-7-9-20-42(40)53(43)37-16-5-2-6-17-37/h1-30H. The third-order valence-corrected chi connectivity index (χ3v) is 10.4. The van der Waals surface area contributed by atoms with E-state index in [0.717, 1.165) is 55.4 Å². The Bertz CT molecular complexity index is 3220. The van der Waals surface area contributed by atoms with Crippen LogP contribution in [0.3, 0.4) is 0 Å². The van der Waals surface area contributed by atoms with Crippen molar-refractivity contribution in [2.75, 3.05) is 0 Å². The highest BCUT2D eigenvalue weighted by Crippen LogP contribution is 2.39. The minimum atomic E-state index is 0.592. The summed E-state index contributed by atoms with van der Waals surface area (Å²) in [6.45, 7) is 0. The number of para-hydroxylation sites is 3. The lowest BCUT2D eigenvalue weighted by Gasteiger charge is -2.11. The van der Waals surface area contributed by atoms with Crippen molar-refractivity contribution in [3.63, 3.8) is 0 Å². The van der Waals surface area contributed by atoms with Crippen molar-refractivity contribution in [3.8, 4) is 51.0 Å². The molecule has 0 saturated carbocycles. The highest BCUT2D eigenvalue weighted by atomic mass is 16.3. The summed E-state index contributed by atoms with van der Waals surface area (Å²) in [7, 11) is 0. The first-order chi connectivity index (χ1) is 26.7. The van der Waals surface area contributed by atoms with Gasteiger partial charge in [0, 0.05) is 43.9 Å². The van der Waals surface area contributed by atoms with E-state index in [1.165, 1.54) is 32.6 Å². The first kappa shape index (κ1) is 30.3. The van der Waals surface area contributed by atoms with E-state index < -0.39 is 0 Å². The fraction of sp³-hybridized carbons (Fsp3) is 0. The number of fused-ring (bicyclic) bond motifs is 8. The van der Waals surface area contributed by atoms with Crippen molar-refractivity contribution >= 4 is 54.5 Å². The van der Waals surface area contributed by atoms with Crippen LogP contribution in [0, 0.1) is 0 Å². The van der Waals surface area contributed by atoms with Crippen LogP contribution in [0.1, 0.15) is 0 Å². The van der Waals surface area contributed by atoms with Gasteiger partial charge in [-0.05, 0) is 76.5 Å². The molecule has 54 heavy (non-hydrogen) atoms. The second-order valence-corrected chi connectivity index (χ2v) is 13.6. The zero-order valence-corrected chi connectivity index (χ0v) is 29.0. The molecule has 8 aromatic carbocycles. The van der Waals surface area contributed by atoms with Crippen LogP contribution in [0.25, 0.3) is 105 Å². The van der Waals surface area contributed by atoms with Crippen molar-refractivity contribution in [1.82, 2.24) is 19.5 Å². The Kier molecular flexibility index (Phi) is 6.79. The van der Waals surface area contributed by atoms with E-state index in [9.17, 15) is 0 Å². The first-order valence-corrected chi connectivity index (χ1v) is 18.1. The number of furan rings is 1. The quantitative estimate of drug-likeness (QED) is 0.180. The Hall–Kier alpha value is -7.37. The molecule has 0 aliphatic carbocycles. The molecule has 0 spiro atoms. The number of hydrogen-bond donors (Lipinski definition) is 0. The van der Waals surface area contributed by atoms with Crippen LogP contribution in [-0.2, 0) is 0 Å². The van der Waals surface area contributed by atoms with Gasteiger partial charge in [0.05, 0.1) is 11.0 Å². The maximum absolute atomic E-state index is 6.24. The zero-order chi connectivity index (χ0) is 35.6. The molecule has 0 amide bonds. The summed E-state index contributed by atoms with van der Waals surface area (Å²) in [5.41, 5.74) is 10.1. The summed E-state index contributed by atoms with van der Waals surface area (Å²) in [6.07, 6.45) is 0. The maximum atomic E-state index is 6.24.